The molecule has 0 saturated carbocycles. The molecular formula is C16H18N4O2S. The van der Waals surface area contributed by atoms with Crippen molar-refractivity contribution in [1.82, 2.24) is 19.8 Å². The molecule has 2 heterocycles. The van der Waals surface area contributed by atoms with Crippen LogP contribution >= 0.6 is 11.5 Å². The molecule has 2 aromatic rings. The zero-order valence-electron chi connectivity index (χ0n) is 12.6. The Kier molecular flexibility index (Phi) is 4.97. The van der Waals surface area contributed by atoms with Gasteiger partial charge in [0.05, 0.1) is 6.04 Å². The van der Waals surface area contributed by atoms with E-state index in [0.29, 0.717) is 18.7 Å². The summed E-state index contributed by atoms with van der Waals surface area (Å²) in [6.07, 6.45) is 2.23. The van der Waals surface area contributed by atoms with Crippen molar-refractivity contribution in [2.75, 3.05) is 13.1 Å². The predicted octanol–water partition coefficient (Wildman–Crippen LogP) is 1.50. The van der Waals surface area contributed by atoms with Crippen LogP contribution in [-0.4, -0.2) is 45.4 Å². The van der Waals surface area contributed by atoms with E-state index in [4.69, 9.17) is 0 Å². The van der Waals surface area contributed by atoms with E-state index in [1.54, 1.807) is 5.38 Å². The highest BCUT2D eigenvalue weighted by Gasteiger charge is 2.30. The number of hydrogen-bond acceptors (Lipinski definition) is 5. The SMILES string of the molecule is O=C(N[C@H]1CC(=O)N(CCCc2ccccc2)C1)c1csnn1. The van der Waals surface area contributed by atoms with Crippen LogP contribution in [0.1, 0.15) is 28.9 Å². The van der Waals surface area contributed by atoms with Crippen LogP contribution in [0.3, 0.4) is 0 Å². The average molecular weight is 330 g/mol. The second-order valence-corrected chi connectivity index (χ2v) is 6.20. The van der Waals surface area contributed by atoms with Crippen LogP contribution in [0.5, 0.6) is 0 Å². The van der Waals surface area contributed by atoms with Gasteiger partial charge in [-0.15, -0.1) is 5.10 Å². The Balaban J connectivity index is 1.45. The summed E-state index contributed by atoms with van der Waals surface area (Å²) in [5.41, 5.74) is 1.59. The lowest BCUT2D eigenvalue weighted by Crippen LogP contribution is -2.37. The Morgan fingerprint density at radius 3 is 2.91 bits per heavy atom. The Morgan fingerprint density at radius 2 is 2.17 bits per heavy atom. The van der Waals surface area contributed by atoms with Crippen LogP contribution in [0.25, 0.3) is 0 Å². The molecule has 0 radical (unpaired) electrons. The van der Waals surface area contributed by atoms with E-state index in [2.05, 4.69) is 27.0 Å². The summed E-state index contributed by atoms with van der Waals surface area (Å²) in [6, 6.07) is 10.1. The van der Waals surface area contributed by atoms with Crippen LogP contribution in [0, 0.1) is 0 Å². The second-order valence-electron chi connectivity index (χ2n) is 5.59. The number of hydrogen-bond donors (Lipinski definition) is 1. The smallest absolute Gasteiger partial charge is 0.273 e. The van der Waals surface area contributed by atoms with Gasteiger partial charge in [0.25, 0.3) is 5.91 Å². The minimum atomic E-state index is -0.261. The zero-order valence-corrected chi connectivity index (χ0v) is 13.5. The van der Waals surface area contributed by atoms with Crippen molar-refractivity contribution in [1.29, 1.82) is 0 Å². The third-order valence-corrected chi connectivity index (χ3v) is 4.38. The molecule has 1 aromatic heterocycles. The zero-order chi connectivity index (χ0) is 16.1. The number of benzene rings is 1. The normalized spacial score (nSPS) is 17.5. The molecule has 3 rings (SSSR count). The molecule has 1 fully saturated rings. The van der Waals surface area contributed by atoms with E-state index in [9.17, 15) is 9.59 Å². The van der Waals surface area contributed by atoms with Gasteiger partial charge in [0.1, 0.15) is 0 Å². The maximum atomic E-state index is 12.0. The first-order valence-corrected chi connectivity index (χ1v) is 8.45. The molecule has 7 heteroatoms. The molecule has 0 spiro atoms. The summed E-state index contributed by atoms with van der Waals surface area (Å²) < 4.78 is 3.67. The first kappa shape index (κ1) is 15.6. The molecule has 1 aromatic carbocycles. The van der Waals surface area contributed by atoms with E-state index in [0.717, 1.165) is 30.9 Å². The fourth-order valence-electron chi connectivity index (χ4n) is 2.73. The molecule has 0 unspecified atom stereocenters. The van der Waals surface area contributed by atoms with Gasteiger partial charge in [-0.1, -0.05) is 34.8 Å². The summed E-state index contributed by atoms with van der Waals surface area (Å²) in [7, 11) is 0. The number of nitrogens with one attached hydrogen (secondary N) is 1. The quantitative estimate of drug-likeness (QED) is 0.871. The fourth-order valence-corrected chi connectivity index (χ4v) is 3.16. The minimum absolute atomic E-state index is 0.0970. The van der Waals surface area contributed by atoms with Gasteiger partial charge in [-0.25, -0.2) is 0 Å². The summed E-state index contributed by atoms with van der Waals surface area (Å²) in [5, 5.41) is 8.19. The monoisotopic (exact) mass is 330 g/mol. The number of amides is 2. The third kappa shape index (κ3) is 4.13. The van der Waals surface area contributed by atoms with Gasteiger partial charge in [-0.2, -0.15) is 0 Å². The topological polar surface area (TPSA) is 75.2 Å². The van der Waals surface area contributed by atoms with E-state index in [1.807, 2.05) is 23.1 Å². The summed E-state index contributed by atoms with van der Waals surface area (Å²) in [4.78, 5) is 25.8. The van der Waals surface area contributed by atoms with Crippen molar-refractivity contribution in [3.8, 4) is 0 Å². The number of carbonyl (C=O) groups is 2. The van der Waals surface area contributed by atoms with Gasteiger partial charge >= 0.3 is 0 Å². The van der Waals surface area contributed by atoms with E-state index in [-0.39, 0.29) is 17.9 Å². The summed E-state index contributed by atoms with van der Waals surface area (Å²) in [6.45, 7) is 1.29. The molecule has 0 aliphatic carbocycles. The number of nitrogens with zero attached hydrogens (tertiary/aromatic N) is 3. The summed E-state index contributed by atoms with van der Waals surface area (Å²) >= 11 is 1.14. The van der Waals surface area contributed by atoms with Gasteiger partial charge in [-0.05, 0) is 29.9 Å². The summed E-state index contributed by atoms with van der Waals surface area (Å²) in [5.74, 6) is -0.164. The lowest BCUT2D eigenvalue weighted by molar-refractivity contribution is -0.127. The van der Waals surface area contributed by atoms with E-state index < -0.39 is 0 Å². The number of aryl methyl sites for hydroxylation is 1. The Labute approximate surface area is 138 Å². The molecular weight excluding hydrogens is 312 g/mol. The minimum Gasteiger partial charge on any atom is -0.346 e. The van der Waals surface area contributed by atoms with Crippen LogP contribution in [0.2, 0.25) is 0 Å². The Hall–Kier alpha value is -2.28. The number of likely N-dealkylation sites (tertiary alicyclic amines) is 1. The Morgan fingerprint density at radius 1 is 1.35 bits per heavy atom. The molecule has 120 valence electrons. The lowest BCUT2D eigenvalue weighted by Gasteiger charge is -2.16. The van der Waals surface area contributed by atoms with Gasteiger partial charge in [0, 0.05) is 24.9 Å². The van der Waals surface area contributed by atoms with E-state index >= 15 is 0 Å². The van der Waals surface area contributed by atoms with Gasteiger partial charge in [0.2, 0.25) is 5.91 Å². The largest absolute Gasteiger partial charge is 0.346 e. The first-order valence-electron chi connectivity index (χ1n) is 7.62. The molecule has 1 aliphatic heterocycles. The third-order valence-electron chi connectivity index (χ3n) is 3.88. The van der Waals surface area contributed by atoms with Crippen molar-refractivity contribution in [2.45, 2.75) is 25.3 Å². The highest BCUT2D eigenvalue weighted by molar-refractivity contribution is 7.03. The van der Waals surface area contributed by atoms with Crippen molar-refractivity contribution >= 4 is 23.3 Å². The molecule has 1 atom stereocenters. The van der Waals surface area contributed by atoms with Crippen LogP contribution < -0.4 is 5.32 Å². The number of carbonyl (C=O) groups excluding carboxylic acids is 2. The highest BCUT2D eigenvalue weighted by atomic mass is 32.1. The van der Waals surface area contributed by atoms with Crippen molar-refractivity contribution < 1.29 is 9.59 Å². The second kappa shape index (κ2) is 7.32. The molecule has 0 bridgehead atoms. The van der Waals surface area contributed by atoms with Crippen LogP contribution in [0.4, 0.5) is 0 Å². The number of aromatic nitrogens is 2. The van der Waals surface area contributed by atoms with Gasteiger partial charge < -0.3 is 10.2 Å². The van der Waals surface area contributed by atoms with Crippen LogP contribution in [-0.2, 0) is 11.2 Å². The van der Waals surface area contributed by atoms with Crippen molar-refractivity contribution in [2.24, 2.45) is 0 Å². The van der Waals surface area contributed by atoms with Crippen molar-refractivity contribution in [3.63, 3.8) is 0 Å². The molecule has 2 amide bonds. The van der Waals surface area contributed by atoms with E-state index in [1.165, 1.54) is 5.56 Å². The molecule has 23 heavy (non-hydrogen) atoms. The standard InChI is InChI=1S/C16H18N4O2S/c21-15-9-13(17-16(22)14-11-23-19-18-14)10-20(15)8-4-7-12-5-2-1-3-6-12/h1-3,5-6,11,13H,4,7-10H2,(H,17,22)/t13-/m0/s1. The average Bonchev–Trinajstić information content (AvgIpc) is 3.19. The first-order chi connectivity index (χ1) is 11.2. The molecule has 6 nitrogen and oxygen atoms in total. The molecule has 1 aliphatic rings. The fraction of sp³-hybridized carbons (Fsp3) is 0.375. The molecule has 1 N–H and O–H groups in total. The maximum absolute atomic E-state index is 12.0. The van der Waals surface area contributed by atoms with Crippen molar-refractivity contribution in [3.05, 3.63) is 47.0 Å². The maximum Gasteiger partial charge on any atom is 0.273 e. The van der Waals surface area contributed by atoms with Crippen LogP contribution in [0.15, 0.2) is 35.7 Å². The predicted molar refractivity (Wildman–Crippen MR) is 87.1 cm³/mol. The molecule has 1 saturated heterocycles. The van der Waals surface area contributed by atoms with Gasteiger partial charge in [-0.3, -0.25) is 9.59 Å². The number of rotatable bonds is 6. The van der Waals surface area contributed by atoms with Gasteiger partial charge in [0.15, 0.2) is 5.69 Å². The highest BCUT2D eigenvalue weighted by Crippen LogP contribution is 2.13. The lowest BCUT2D eigenvalue weighted by atomic mass is 10.1. The Bertz CT molecular complexity index is 660.